The molecule has 1 fully saturated rings. The van der Waals surface area contributed by atoms with Gasteiger partial charge in [0, 0.05) is 25.2 Å². The van der Waals surface area contributed by atoms with Gasteiger partial charge < -0.3 is 10.5 Å². The minimum absolute atomic E-state index is 0.0674. The predicted octanol–water partition coefficient (Wildman–Crippen LogP) is 2.58. The van der Waals surface area contributed by atoms with E-state index in [1.165, 1.54) is 5.56 Å². The normalized spacial score (nSPS) is 22.9. The smallest absolute Gasteiger partial charge is 0.0753 e. The van der Waals surface area contributed by atoms with Gasteiger partial charge in [-0.05, 0) is 25.8 Å². The maximum Gasteiger partial charge on any atom is 0.0753 e. The first-order valence-corrected chi connectivity index (χ1v) is 7.22. The van der Waals surface area contributed by atoms with Crippen LogP contribution in [0, 0.1) is 0 Å². The summed E-state index contributed by atoms with van der Waals surface area (Å²) >= 11 is 0. The molecule has 106 valence electrons. The Labute approximate surface area is 116 Å². The van der Waals surface area contributed by atoms with E-state index in [1.807, 2.05) is 6.07 Å². The fourth-order valence-electron chi connectivity index (χ4n) is 2.97. The Balaban J connectivity index is 2.11. The van der Waals surface area contributed by atoms with Gasteiger partial charge in [-0.3, -0.25) is 4.90 Å². The van der Waals surface area contributed by atoms with Gasteiger partial charge >= 0.3 is 0 Å². The molecule has 0 amide bonds. The van der Waals surface area contributed by atoms with Crippen molar-refractivity contribution in [3.05, 3.63) is 35.9 Å². The Hall–Kier alpha value is -0.900. The molecule has 0 saturated carbocycles. The second-order valence-corrected chi connectivity index (χ2v) is 5.99. The highest BCUT2D eigenvalue weighted by Gasteiger charge is 2.33. The molecule has 1 aromatic carbocycles. The minimum Gasteiger partial charge on any atom is -0.373 e. The third-order valence-corrected chi connectivity index (χ3v) is 3.94. The monoisotopic (exact) mass is 262 g/mol. The number of morpholine rings is 1. The zero-order valence-corrected chi connectivity index (χ0v) is 12.3. The van der Waals surface area contributed by atoms with E-state index in [-0.39, 0.29) is 11.6 Å². The molecule has 1 aliphatic rings. The molecule has 1 saturated heterocycles. The Morgan fingerprint density at radius 1 is 1.32 bits per heavy atom. The zero-order valence-electron chi connectivity index (χ0n) is 12.3. The largest absolute Gasteiger partial charge is 0.373 e. The van der Waals surface area contributed by atoms with Crippen LogP contribution in [0.4, 0.5) is 0 Å². The van der Waals surface area contributed by atoms with Crippen LogP contribution in [-0.4, -0.2) is 36.2 Å². The van der Waals surface area contributed by atoms with Crippen molar-refractivity contribution in [2.24, 2.45) is 5.73 Å². The predicted molar refractivity (Wildman–Crippen MR) is 79.1 cm³/mol. The van der Waals surface area contributed by atoms with Crippen molar-refractivity contribution in [2.75, 3.05) is 19.7 Å². The second kappa shape index (κ2) is 6.04. The first-order valence-electron chi connectivity index (χ1n) is 7.22. The third-order valence-electron chi connectivity index (χ3n) is 3.94. The van der Waals surface area contributed by atoms with E-state index in [0.29, 0.717) is 6.04 Å². The first kappa shape index (κ1) is 14.5. The van der Waals surface area contributed by atoms with Crippen LogP contribution in [0.3, 0.4) is 0 Å². The standard InChI is InChI=1S/C16H26N2O/c1-4-14(15(17)13-8-6-5-7-9-13)18-10-11-19-16(2,3)12-18/h5-9,14-15H,4,10-12,17H2,1-3H3. The van der Waals surface area contributed by atoms with Gasteiger partial charge in [-0.1, -0.05) is 37.3 Å². The van der Waals surface area contributed by atoms with Gasteiger partial charge in [0.25, 0.3) is 0 Å². The molecular formula is C16H26N2O. The maximum atomic E-state index is 6.49. The average molecular weight is 262 g/mol. The lowest BCUT2D eigenvalue weighted by molar-refractivity contribution is -0.0998. The van der Waals surface area contributed by atoms with E-state index in [2.05, 4.69) is 49.9 Å². The fourth-order valence-corrected chi connectivity index (χ4v) is 2.97. The van der Waals surface area contributed by atoms with Crippen molar-refractivity contribution >= 4 is 0 Å². The fraction of sp³-hybridized carbons (Fsp3) is 0.625. The molecule has 1 heterocycles. The minimum atomic E-state index is -0.0674. The van der Waals surface area contributed by atoms with Gasteiger partial charge in [0.05, 0.1) is 12.2 Å². The number of hydrogen-bond donors (Lipinski definition) is 1. The molecule has 3 nitrogen and oxygen atoms in total. The summed E-state index contributed by atoms with van der Waals surface area (Å²) < 4.78 is 5.79. The van der Waals surface area contributed by atoms with Gasteiger partial charge in [0.1, 0.15) is 0 Å². The van der Waals surface area contributed by atoms with Gasteiger partial charge in [-0.15, -0.1) is 0 Å². The Morgan fingerprint density at radius 3 is 2.58 bits per heavy atom. The highest BCUT2D eigenvalue weighted by Crippen LogP contribution is 2.26. The summed E-state index contributed by atoms with van der Waals surface area (Å²) in [5, 5.41) is 0. The third kappa shape index (κ3) is 3.56. The highest BCUT2D eigenvalue weighted by atomic mass is 16.5. The molecule has 1 aliphatic heterocycles. The van der Waals surface area contributed by atoms with Crippen molar-refractivity contribution < 1.29 is 4.74 Å². The summed E-state index contributed by atoms with van der Waals surface area (Å²) in [6, 6.07) is 10.9. The Kier molecular flexibility index (Phi) is 4.61. The van der Waals surface area contributed by atoms with E-state index in [4.69, 9.17) is 10.5 Å². The summed E-state index contributed by atoms with van der Waals surface area (Å²) in [6.45, 7) is 9.25. The molecule has 2 atom stereocenters. The molecule has 1 aromatic rings. The lowest BCUT2D eigenvalue weighted by atomic mass is 9.95. The van der Waals surface area contributed by atoms with Crippen LogP contribution in [0.5, 0.6) is 0 Å². The van der Waals surface area contributed by atoms with E-state index in [0.717, 1.165) is 26.1 Å². The van der Waals surface area contributed by atoms with Gasteiger partial charge in [-0.2, -0.15) is 0 Å². The lowest BCUT2D eigenvalue weighted by Gasteiger charge is -2.43. The van der Waals surface area contributed by atoms with Crippen molar-refractivity contribution in [2.45, 2.75) is 44.9 Å². The molecule has 2 unspecified atom stereocenters. The molecule has 2 rings (SSSR count). The summed E-state index contributed by atoms with van der Waals surface area (Å²) in [5.41, 5.74) is 7.64. The first-order chi connectivity index (χ1) is 9.03. The van der Waals surface area contributed by atoms with Crippen LogP contribution in [0.25, 0.3) is 0 Å². The Morgan fingerprint density at radius 2 is 2.00 bits per heavy atom. The Bertz CT molecular complexity index is 391. The lowest BCUT2D eigenvalue weighted by Crippen LogP contribution is -2.54. The quantitative estimate of drug-likeness (QED) is 0.906. The molecule has 0 spiro atoms. The van der Waals surface area contributed by atoms with E-state index >= 15 is 0 Å². The number of nitrogens with two attached hydrogens (primary N) is 1. The highest BCUT2D eigenvalue weighted by molar-refractivity contribution is 5.20. The molecule has 19 heavy (non-hydrogen) atoms. The average Bonchev–Trinajstić information content (AvgIpc) is 2.39. The summed E-state index contributed by atoms with van der Waals surface area (Å²) in [7, 11) is 0. The van der Waals surface area contributed by atoms with Crippen LogP contribution in [0.1, 0.15) is 38.8 Å². The van der Waals surface area contributed by atoms with Gasteiger partial charge in [0.15, 0.2) is 0 Å². The number of hydrogen-bond acceptors (Lipinski definition) is 3. The van der Waals surface area contributed by atoms with Crippen molar-refractivity contribution in [1.29, 1.82) is 0 Å². The summed E-state index contributed by atoms with van der Waals surface area (Å²) in [5.74, 6) is 0. The molecule has 0 aliphatic carbocycles. The summed E-state index contributed by atoms with van der Waals surface area (Å²) in [4.78, 5) is 2.49. The number of ether oxygens (including phenoxy) is 1. The zero-order chi connectivity index (χ0) is 13.9. The van der Waals surface area contributed by atoms with Crippen LogP contribution in [-0.2, 0) is 4.74 Å². The van der Waals surface area contributed by atoms with Crippen molar-refractivity contribution in [1.82, 2.24) is 4.90 Å². The van der Waals surface area contributed by atoms with E-state index < -0.39 is 0 Å². The number of nitrogens with zero attached hydrogens (tertiary/aromatic N) is 1. The van der Waals surface area contributed by atoms with E-state index in [9.17, 15) is 0 Å². The van der Waals surface area contributed by atoms with Crippen LogP contribution >= 0.6 is 0 Å². The molecular weight excluding hydrogens is 236 g/mol. The van der Waals surface area contributed by atoms with Crippen molar-refractivity contribution in [3.8, 4) is 0 Å². The maximum absolute atomic E-state index is 6.49. The summed E-state index contributed by atoms with van der Waals surface area (Å²) in [6.07, 6.45) is 1.06. The molecule has 2 N–H and O–H groups in total. The van der Waals surface area contributed by atoms with Crippen LogP contribution < -0.4 is 5.73 Å². The molecule has 0 radical (unpaired) electrons. The van der Waals surface area contributed by atoms with Crippen LogP contribution in [0.2, 0.25) is 0 Å². The topological polar surface area (TPSA) is 38.5 Å². The van der Waals surface area contributed by atoms with Crippen LogP contribution in [0.15, 0.2) is 30.3 Å². The molecule has 0 aromatic heterocycles. The number of rotatable bonds is 4. The molecule has 3 heteroatoms. The van der Waals surface area contributed by atoms with Gasteiger partial charge in [0.2, 0.25) is 0 Å². The van der Waals surface area contributed by atoms with Gasteiger partial charge in [-0.25, -0.2) is 0 Å². The molecule has 0 bridgehead atoms. The van der Waals surface area contributed by atoms with E-state index in [1.54, 1.807) is 0 Å². The van der Waals surface area contributed by atoms with Crippen molar-refractivity contribution in [3.63, 3.8) is 0 Å². The SMILES string of the molecule is CCC(C(N)c1ccccc1)N1CCOC(C)(C)C1. The second-order valence-electron chi connectivity index (χ2n) is 5.99. The number of benzene rings is 1.